The van der Waals surface area contributed by atoms with Gasteiger partial charge in [-0.3, -0.25) is 10.1 Å². The van der Waals surface area contributed by atoms with Crippen LogP contribution in [0.5, 0.6) is 28.7 Å². The second kappa shape index (κ2) is 18.2. The van der Waals surface area contributed by atoms with Crippen LogP contribution >= 0.6 is 0 Å². The highest BCUT2D eigenvalue weighted by Crippen LogP contribution is 2.53. The van der Waals surface area contributed by atoms with E-state index in [9.17, 15) is 5.11 Å². The minimum atomic E-state index is -5.12. The Bertz CT molecular complexity index is 3090. The van der Waals surface area contributed by atoms with Crippen LogP contribution in [0.25, 0.3) is 0 Å². The summed E-state index contributed by atoms with van der Waals surface area (Å²) in [6, 6.07) is 8.76. The van der Waals surface area contributed by atoms with Crippen molar-refractivity contribution >= 4 is 39.3 Å². The van der Waals surface area contributed by atoms with E-state index in [0.29, 0.717) is 6.42 Å². The number of nitrogens with zero attached hydrogens (tertiary/aromatic N) is 1. The summed E-state index contributed by atoms with van der Waals surface area (Å²) in [6.45, 7) is 22.1. The summed E-state index contributed by atoms with van der Waals surface area (Å²) < 4.78 is 148. The Hall–Kier alpha value is -4.92. The molecule has 16 nitrogen and oxygen atoms in total. The lowest BCUT2D eigenvalue weighted by atomic mass is 9.86. The van der Waals surface area contributed by atoms with Crippen LogP contribution in [0.2, 0.25) is 0 Å². The van der Waals surface area contributed by atoms with Crippen molar-refractivity contribution in [2.75, 3.05) is 35.0 Å². The summed E-state index contributed by atoms with van der Waals surface area (Å²) >= 11 is 0. The second-order valence-electron chi connectivity index (χ2n) is 20.2. The number of ether oxygens (including phenoxy) is 4. The number of sulfone groups is 4. The van der Waals surface area contributed by atoms with Gasteiger partial charge >= 0.3 is 0 Å². The van der Waals surface area contributed by atoms with E-state index in [4.69, 9.17) is 29.1 Å². The molecule has 0 atom stereocenters. The first-order valence-corrected chi connectivity index (χ1v) is 27.0. The first-order valence-electron chi connectivity index (χ1n) is 21.1. The number of phenols is 1. The number of hydrogen-bond acceptors (Lipinski definition) is 15. The molecule has 0 unspecified atom stereocenters. The molecule has 0 saturated carbocycles. The zero-order chi connectivity index (χ0) is 51.6. The monoisotopic (exact) mass is 1010 g/mol. The minimum absolute atomic E-state index is 0.164. The summed E-state index contributed by atoms with van der Waals surface area (Å²) in [6.07, 6.45) is 0.307. The van der Waals surface area contributed by atoms with Crippen molar-refractivity contribution in [3.63, 3.8) is 0 Å². The molecule has 370 valence electrons. The predicted molar refractivity (Wildman–Crippen MR) is 252 cm³/mol. The Morgan fingerprint density at radius 1 is 0.493 bits per heavy atom. The lowest BCUT2D eigenvalue weighted by Gasteiger charge is -2.28. The van der Waals surface area contributed by atoms with Gasteiger partial charge in [-0.25, -0.2) is 33.7 Å². The van der Waals surface area contributed by atoms with Crippen LogP contribution in [0.4, 0.5) is 0 Å². The molecule has 8 bridgehead atoms. The molecular weight excluding hydrogens is 947 g/mol. The van der Waals surface area contributed by atoms with E-state index in [2.05, 4.69) is 0 Å². The van der Waals surface area contributed by atoms with Crippen LogP contribution in [0.3, 0.4) is 0 Å². The van der Waals surface area contributed by atoms with E-state index in [1.54, 1.807) is 90.0 Å². The lowest BCUT2D eigenvalue weighted by Crippen LogP contribution is -2.22. The van der Waals surface area contributed by atoms with Crippen LogP contribution in [0.15, 0.2) is 81.6 Å². The average molecular weight is 1010 g/mol. The van der Waals surface area contributed by atoms with E-state index in [-0.39, 0.29) is 28.9 Å². The van der Waals surface area contributed by atoms with Gasteiger partial charge in [0.05, 0.1) is 27.9 Å². The molecule has 67 heavy (non-hydrogen) atoms. The van der Waals surface area contributed by atoms with E-state index in [1.807, 2.05) is 0 Å². The molecular formula is C47H63NO15S4. The summed E-state index contributed by atoms with van der Waals surface area (Å²) in [5.41, 5.74) is -3.48. The molecule has 0 saturated heterocycles. The van der Waals surface area contributed by atoms with Crippen molar-refractivity contribution in [2.24, 2.45) is 0 Å². The number of fused-ring (bicyclic) bond motifs is 2. The molecule has 4 aromatic rings. The van der Waals surface area contributed by atoms with Gasteiger partial charge in [0.1, 0.15) is 39.2 Å². The van der Waals surface area contributed by atoms with E-state index < -0.39 is 134 Å². The van der Waals surface area contributed by atoms with Crippen molar-refractivity contribution < 1.29 is 62.6 Å². The number of nitro groups is 1. The highest BCUT2D eigenvalue weighted by atomic mass is 32.2. The van der Waals surface area contributed by atoms with Crippen LogP contribution in [0, 0.1) is 10.1 Å². The quantitative estimate of drug-likeness (QED) is 0.123. The maximum Gasteiger partial charge on any atom is 0.214 e. The number of aromatic hydroxyl groups is 1. The summed E-state index contributed by atoms with van der Waals surface area (Å²) in [5, 5.41) is 21.1. The third kappa shape index (κ3) is 10.1. The number of methoxy groups -OCH3 is 3. The predicted octanol–water partition coefficient (Wildman–Crippen LogP) is 8.93. The van der Waals surface area contributed by atoms with Crippen LogP contribution in [0.1, 0.15) is 119 Å². The highest BCUT2D eigenvalue weighted by Gasteiger charge is 2.44. The fourth-order valence-corrected chi connectivity index (χ4v) is 14.4. The maximum absolute atomic E-state index is 15.7. The number of phenolic OH excluding ortho intramolecular Hbond substituents is 1. The second-order valence-corrected chi connectivity index (χ2v) is 27.8. The Morgan fingerprint density at radius 3 is 1.01 bits per heavy atom. The van der Waals surface area contributed by atoms with E-state index in [0.717, 1.165) is 34.4 Å². The summed E-state index contributed by atoms with van der Waals surface area (Å²) in [4.78, 5) is 3.07. The van der Waals surface area contributed by atoms with E-state index >= 15 is 33.7 Å². The largest absolute Gasteiger partial charge is 0.503 e. The molecule has 4 aromatic carbocycles. The van der Waals surface area contributed by atoms with Gasteiger partial charge in [0.2, 0.25) is 39.3 Å². The van der Waals surface area contributed by atoms with E-state index in [1.165, 1.54) is 36.4 Å². The Labute approximate surface area is 395 Å². The molecule has 20 heteroatoms. The fourth-order valence-electron chi connectivity index (χ4n) is 7.28. The number of benzene rings is 4. The van der Waals surface area contributed by atoms with Gasteiger partial charge in [-0.05, 0) is 92.8 Å². The van der Waals surface area contributed by atoms with Gasteiger partial charge in [0, 0.05) is 4.92 Å². The number of rotatable bonds is 6. The molecule has 1 N–H and O–H groups in total. The van der Waals surface area contributed by atoms with Crippen molar-refractivity contribution in [3.05, 3.63) is 74.8 Å². The Kier molecular flexibility index (Phi) is 14.8. The first-order chi connectivity index (χ1) is 30.3. The van der Waals surface area contributed by atoms with Gasteiger partial charge in [0.15, 0.2) is 35.8 Å². The fraction of sp³-hybridized carbons (Fsp3) is 0.489. The molecule has 0 fully saturated rings. The lowest BCUT2D eigenvalue weighted by molar-refractivity contribution is -0.445. The van der Waals surface area contributed by atoms with Crippen LogP contribution in [-0.2, 0) is 61.0 Å². The van der Waals surface area contributed by atoms with Gasteiger partial charge in [-0.1, -0.05) is 90.0 Å². The van der Waals surface area contributed by atoms with Gasteiger partial charge in [-0.2, -0.15) is 0 Å². The Balaban J connectivity index is 0.00000235. The van der Waals surface area contributed by atoms with Gasteiger partial charge < -0.3 is 24.1 Å². The average Bonchev–Trinajstić information content (AvgIpc) is 3.18. The zero-order valence-corrected chi connectivity index (χ0v) is 44.5. The minimum Gasteiger partial charge on any atom is -0.503 e. The smallest absolute Gasteiger partial charge is 0.214 e. The van der Waals surface area contributed by atoms with Crippen molar-refractivity contribution in [2.45, 2.75) is 157 Å². The molecule has 0 aliphatic carbocycles. The third-order valence-electron chi connectivity index (χ3n) is 11.0. The Morgan fingerprint density at radius 2 is 0.761 bits per heavy atom. The third-order valence-corrected chi connectivity index (χ3v) is 18.1. The molecule has 2 heterocycles. The molecule has 0 radical (unpaired) electrons. The number of hydrogen-bond donors (Lipinski definition) is 1. The molecule has 0 aromatic heterocycles. The van der Waals surface area contributed by atoms with Crippen LogP contribution in [-0.4, -0.2) is 78.7 Å². The normalized spacial score (nSPS) is 16.2. The standard InChI is InChI=1S/C46H60O13S4.CH3NO2/c1-17-18-59-40-34-23-28(45(8,9)10)24-35(40)63(54,55)42-29(46(11,12)13)25-36(41(58-16)37(42)47)62(52,53)33-22-27(44(5,6)7)20-31(39(33)57-15)60(48,49)30-19-26(43(2,3)4)21-32(38(30)56-14)61(34,50)51;1-2(3)4/h19-25,47H,17-18H2,1-16H3;1H3. The topological polar surface area (TPSA) is 237 Å². The van der Waals surface area contributed by atoms with Crippen molar-refractivity contribution in [1.29, 1.82) is 0 Å². The molecule has 2 aliphatic rings. The first kappa shape index (κ1) is 54.7. The summed E-state index contributed by atoms with van der Waals surface area (Å²) in [7, 11) is -16.1. The molecule has 6 rings (SSSR count). The molecule has 0 amide bonds. The highest BCUT2D eigenvalue weighted by molar-refractivity contribution is 7.93. The summed E-state index contributed by atoms with van der Waals surface area (Å²) in [5.74, 6) is -3.69. The maximum atomic E-state index is 15.7. The van der Waals surface area contributed by atoms with Gasteiger partial charge in [0.25, 0.3) is 0 Å². The zero-order valence-electron chi connectivity index (χ0n) is 41.2. The van der Waals surface area contributed by atoms with Crippen molar-refractivity contribution in [1.82, 2.24) is 0 Å². The van der Waals surface area contributed by atoms with Crippen molar-refractivity contribution in [3.8, 4) is 28.7 Å². The van der Waals surface area contributed by atoms with Crippen LogP contribution < -0.4 is 18.9 Å². The van der Waals surface area contributed by atoms with Gasteiger partial charge in [-0.15, -0.1) is 0 Å². The molecule has 2 aliphatic heterocycles. The SMILES string of the molecule is CCCOc1c2cc(C(C)(C)C)cc1S(=O)(=O)c1c(C(C)(C)C)cc(c(OC)c1O)S(=O)(=O)c1cc(C(C)(C)C)cc(c1OC)S(=O)(=O)c1cc(C(C)(C)C)cc(c1OC)S2(=O)=O.C[N+](=O)[O-]. The molecule has 0 spiro atoms.